The lowest BCUT2D eigenvalue weighted by atomic mass is 10.1. The number of Topliss-reactive ketones (excluding diaryl/α,β-unsaturated/α-hetero) is 1. The van der Waals surface area contributed by atoms with E-state index in [1.165, 1.54) is 5.69 Å². The van der Waals surface area contributed by atoms with Crippen molar-refractivity contribution in [2.24, 2.45) is 0 Å². The Kier molecular flexibility index (Phi) is 6.27. The molecule has 2 nitrogen and oxygen atoms in total. The topological polar surface area (TPSA) is 20.3 Å². The zero-order valence-electron chi connectivity index (χ0n) is 11.8. The van der Waals surface area contributed by atoms with Gasteiger partial charge in [0.15, 0.2) is 5.78 Å². The van der Waals surface area contributed by atoms with Crippen LogP contribution in [-0.4, -0.2) is 30.9 Å². The van der Waals surface area contributed by atoms with Crippen molar-refractivity contribution in [1.82, 2.24) is 0 Å². The molecule has 0 saturated carbocycles. The molecule has 0 heterocycles. The Hall–Kier alpha value is -0.960. The first kappa shape index (κ1) is 15.1. The van der Waals surface area contributed by atoms with Gasteiger partial charge in [-0.1, -0.05) is 13.8 Å². The van der Waals surface area contributed by atoms with Gasteiger partial charge in [0.05, 0.1) is 0 Å². The van der Waals surface area contributed by atoms with E-state index in [-0.39, 0.29) is 5.78 Å². The molecular weight excluding hydrogens is 242 g/mol. The molecule has 0 aliphatic heterocycles. The highest BCUT2D eigenvalue weighted by molar-refractivity contribution is 7.98. The normalized spacial score (nSPS) is 12.2. The van der Waals surface area contributed by atoms with Crippen LogP contribution >= 0.6 is 11.8 Å². The Balaban J connectivity index is 2.80. The molecule has 18 heavy (non-hydrogen) atoms. The van der Waals surface area contributed by atoms with Crippen LogP contribution in [0.5, 0.6) is 0 Å². The number of thioether (sulfide) groups is 1. The first-order valence-electron chi connectivity index (χ1n) is 6.49. The van der Waals surface area contributed by atoms with E-state index in [0.717, 1.165) is 17.7 Å². The maximum Gasteiger partial charge on any atom is 0.162 e. The van der Waals surface area contributed by atoms with E-state index in [1.807, 2.05) is 43.0 Å². The number of hydrogen-bond acceptors (Lipinski definition) is 3. The molecule has 0 saturated heterocycles. The van der Waals surface area contributed by atoms with Gasteiger partial charge >= 0.3 is 0 Å². The Morgan fingerprint density at radius 1 is 1.28 bits per heavy atom. The summed E-state index contributed by atoms with van der Waals surface area (Å²) in [5, 5.41) is 0. The van der Waals surface area contributed by atoms with Crippen LogP contribution in [0, 0.1) is 0 Å². The van der Waals surface area contributed by atoms with E-state index in [4.69, 9.17) is 0 Å². The molecule has 100 valence electrons. The van der Waals surface area contributed by atoms with Crippen molar-refractivity contribution >= 4 is 23.2 Å². The van der Waals surface area contributed by atoms with Crippen molar-refractivity contribution in [2.45, 2.75) is 32.7 Å². The molecule has 1 unspecified atom stereocenters. The highest BCUT2D eigenvalue weighted by Crippen LogP contribution is 2.20. The summed E-state index contributed by atoms with van der Waals surface area (Å²) in [7, 11) is 2.13. The molecular formula is C15H23NOS. The van der Waals surface area contributed by atoms with E-state index in [0.29, 0.717) is 12.5 Å². The van der Waals surface area contributed by atoms with Crippen LogP contribution in [0.15, 0.2) is 24.3 Å². The van der Waals surface area contributed by atoms with Gasteiger partial charge in [0.1, 0.15) is 0 Å². The number of carbonyl (C=O) groups is 1. The van der Waals surface area contributed by atoms with E-state index in [1.54, 1.807) is 0 Å². The zero-order valence-corrected chi connectivity index (χ0v) is 12.6. The quantitative estimate of drug-likeness (QED) is 0.698. The van der Waals surface area contributed by atoms with Gasteiger partial charge in [-0.25, -0.2) is 0 Å². The first-order valence-corrected chi connectivity index (χ1v) is 7.88. The van der Waals surface area contributed by atoms with Gasteiger partial charge in [0, 0.05) is 36.5 Å². The molecule has 0 spiro atoms. The molecule has 0 bridgehead atoms. The number of nitrogens with zero attached hydrogens (tertiary/aromatic N) is 1. The molecule has 1 aromatic carbocycles. The van der Waals surface area contributed by atoms with Crippen LogP contribution in [0.1, 0.15) is 37.0 Å². The number of carbonyl (C=O) groups excluding carboxylic acids is 1. The van der Waals surface area contributed by atoms with Crippen LogP contribution in [0.4, 0.5) is 5.69 Å². The summed E-state index contributed by atoms with van der Waals surface area (Å²) in [5.74, 6) is 1.34. The monoisotopic (exact) mass is 265 g/mol. The molecule has 0 fully saturated rings. The third kappa shape index (κ3) is 3.77. The number of anilines is 1. The van der Waals surface area contributed by atoms with Crippen molar-refractivity contribution in [3.8, 4) is 0 Å². The fourth-order valence-corrected chi connectivity index (χ4v) is 2.84. The van der Waals surface area contributed by atoms with Crippen LogP contribution < -0.4 is 4.90 Å². The van der Waals surface area contributed by atoms with E-state index in [2.05, 4.69) is 25.1 Å². The summed E-state index contributed by atoms with van der Waals surface area (Å²) in [6.45, 7) is 4.11. The SMILES string of the molecule is CCC(=O)c1ccc(N(C)C(CC)CSC)cc1. The van der Waals surface area contributed by atoms with Crippen LogP contribution in [0.2, 0.25) is 0 Å². The minimum Gasteiger partial charge on any atom is -0.371 e. The average Bonchev–Trinajstić information content (AvgIpc) is 2.43. The van der Waals surface area contributed by atoms with Crippen molar-refractivity contribution in [2.75, 3.05) is 24.0 Å². The second kappa shape index (κ2) is 7.47. The predicted molar refractivity (Wildman–Crippen MR) is 81.9 cm³/mol. The third-order valence-corrected chi connectivity index (χ3v) is 4.01. The van der Waals surface area contributed by atoms with E-state index >= 15 is 0 Å². The lowest BCUT2D eigenvalue weighted by Crippen LogP contribution is -2.33. The van der Waals surface area contributed by atoms with Crippen molar-refractivity contribution in [3.63, 3.8) is 0 Å². The number of ketones is 1. The Morgan fingerprint density at radius 2 is 1.89 bits per heavy atom. The fourth-order valence-electron chi connectivity index (χ4n) is 1.99. The van der Waals surface area contributed by atoms with Gasteiger partial charge in [-0.05, 0) is 36.9 Å². The van der Waals surface area contributed by atoms with Crippen LogP contribution in [0.3, 0.4) is 0 Å². The van der Waals surface area contributed by atoms with Gasteiger partial charge in [-0.15, -0.1) is 0 Å². The van der Waals surface area contributed by atoms with Crippen LogP contribution in [0.25, 0.3) is 0 Å². The number of benzene rings is 1. The summed E-state index contributed by atoms with van der Waals surface area (Å²) in [6, 6.07) is 8.51. The fraction of sp³-hybridized carbons (Fsp3) is 0.533. The molecule has 0 amide bonds. The molecule has 0 aliphatic rings. The summed E-state index contributed by atoms with van der Waals surface area (Å²) < 4.78 is 0. The lowest BCUT2D eigenvalue weighted by molar-refractivity contribution is 0.0988. The Bertz CT molecular complexity index is 375. The molecule has 0 aromatic heterocycles. The minimum atomic E-state index is 0.209. The second-order valence-electron chi connectivity index (χ2n) is 4.45. The third-order valence-electron chi connectivity index (χ3n) is 3.30. The molecule has 0 N–H and O–H groups in total. The summed E-state index contributed by atoms with van der Waals surface area (Å²) >= 11 is 1.87. The van der Waals surface area contributed by atoms with Gasteiger partial charge in [0.2, 0.25) is 0 Å². The molecule has 0 aliphatic carbocycles. The number of hydrogen-bond donors (Lipinski definition) is 0. The van der Waals surface area contributed by atoms with Gasteiger partial charge < -0.3 is 4.90 Å². The minimum absolute atomic E-state index is 0.209. The predicted octanol–water partition coefficient (Wildman–Crippen LogP) is 3.86. The molecule has 0 radical (unpaired) electrons. The van der Waals surface area contributed by atoms with Gasteiger partial charge in [-0.3, -0.25) is 4.79 Å². The number of rotatable bonds is 7. The lowest BCUT2D eigenvalue weighted by Gasteiger charge is -2.29. The summed E-state index contributed by atoms with van der Waals surface area (Å²) in [6.07, 6.45) is 3.84. The zero-order chi connectivity index (χ0) is 13.5. The molecule has 3 heteroatoms. The average molecular weight is 265 g/mol. The summed E-state index contributed by atoms with van der Waals surface area (Å²) in [5.41, 5.74) is 2.00. The second-order valence-corrected chi connectivity index (χ2v) is 5.36. The maximum absolute atomic E-state index is 11.6. The van der Waals surface area contributed by atoms with Crippen LogP contribution in [-0.2, 0) is 0 Å². The smallest absolute Gasteiger partial charge is 0.162 e. The first-order chi connectivity index (χ1) is 8.63. The van der Waals surface area contributed by atoms with Crippen molar-refractivity contribution in [3.05, 3.63) is 29.8 Å². The standard InChI is InChI=1S/C15H23NOS/c1-5-13(11-18-4)16(3)14-9-7-12(8-10-14)15(17)6-2/h7-10,13H,5-6,11H2,1-4H3. The highest BCUT2D eigenvalue weighted by atomic mass is 32.2. The van der Waals surface area contributed by atoms with E-state index in [9.17, 15) is 4.79 Å². The van der Waals surface area contributed by atoms with Gasteiger partial charge in [-0.2, -0.15) is 11.8 Å². The molecule has 1 atom stereocenters. The maximum atomic E-state index is 11.6. The van der Waals surface area contributed by atoms with Gasteiger partial charge in [0.25, 0.3) is 0 Å². The largest absolute Gasteiger partial charge is 0.371 e. The van der Waals surface area contributed by atoms with Crippen molar-refractivity contribution in [1.29, 1.82) is 0 Å². The van der Waals surface area contributed by atoms with Crippen molar-refractivity contribution < 1.29 is 4.79 Å². The highest BCUT2D eigenvalue weighted by Gasteiger charge is 2.13. The summed E-state index contributed by atoms with van der Waals surface area (Å²) in [4.78, 5) is 13.9. The molecule has 1 rings (SSSR count). The Morgan fingerprint density at radius 3 is 2.33 bits per heavy atom. The van der Waals surface area contributed by atoms with E-state index < -0.39 is 0 Å². The Labute approximate surface area is 115 Å². The molecule has 1 aromatic rings.